The number of esters is 1. The Morgan fingerprint density at radius 2 is 2.24 bits per heavy atom. The summed E-state index contributed by atoms with van der Waals surface area (Å²) in [5, 5.41) is 10.8. The number of nitro benzene ring substituents is 1. The van der Waals surface area contributed by atoms with Crippen LogP contribution in [0.3, 0.4) is 0 Å². The molecule has 0 fully saturated rings. The maximum atomic E-state index is 11.3. The van der Waals surface area contributed by atoms with Crippen LogP contribution in [0.25, 0.3) is 0 Å². The van der Waals surface area contributed by atoms with Gasteiger partial charge in [-0.05, 0) is 12.5 Å². The number of anilines is 1. The molecular formula is C10H11ClN2O4. The lowest BCUT2D eigenvalue weighted by Crippen LogP contribution is -2.09. The average molecular weight is 259 g/mol. The third-order valence-corrected chi connectivity index (χ3v) is 2.47. The van der Waals surface area contributed by atoms with E-state index in [0.717, 1.165) is 6.07 Å². The van der Waals surface area contributed by atoms with Gasteiger partial charge in [0, 0.05) is 12.1 Å². The first-order valence-corrected chi connectivity index (χ1v) is 5.21. The van der Waals surface area contributed by atoms with Gasteiger partial charge in [-0.1, -0.05) is 11.6 Å². The lowest BCUT2D eigenvalue weighted by atomic mass is 10.1. The van der Waals surface area contributed by atoms with E-state index in [1.54, 1.807) is 6.92 Å². The average Bonchev–Trinajstić information content (AvgIpc) is 2.24. The van der Waals surface area contributed by atoms with Crippen molar-refractivity contribution >= 4 is 28.9 Å². The molecule has 0 aliphatic rings. The van der Waals surface area contributed by atoms with Crippen molar-refractivity contribution in [2.75, 3.05) is 12.3 Å². The van der Waals surface area contributed by atoms with Crippen molar-refractivity contribution in [1.82, 2.24) is 0 Å². The van der Waals surface area contributed by atoms with Crippen LogP contribution in [0.1, 0.15) is 12.5 Å². The largest absolute Gasteiger partial charge is 0.466 e. The van der Waals surface area contributed by atoms with Crippen LogP contribution in [0.5, 0.6) is 0 Å². The first-order valence-electron chi connectivity index (χ1n) is 4.83. The first kappa shape index (κ1) is 13.2. The van der Waals surface area contributed by atoms with Crippen LogP contribution in [0.2, 0.25) is 5.02 Å². The van der Waals surface area contributed by atoms with Gasteiger partial charge in [0.1, 0.15) is 0 Å². The van der Waals surface area contributed by atoms with Gasteiger partial charge in [0.15, 0.2) is 0 Å². The number of carbonyl (C=O) groups is 1. The Morgan fingerprint density at radius 1 is 1.59 bits per heavy atom. The van der Waals surface area contributed by atoms with E-state index in [9.17, 15) is 14.9 Å². The Morgan fingerprint density at radius 3 is 2.76 bits per heavy atom. The third-order valence-electron chi connectivity index (χ3n) is 2.01. The predicted molar refractivity (Wildman–Crippen MR) is 62.9 cm³/mol. The molecule has 92 valence electrons. The smallest absolute Gasteiger partial charge is 0.310 e. The molecule has 0 atom stereocenters. The van der Waals surface area contributed by atoms with E-state index in [2.05, 4.69) is 0 Å². The van der Waals surface area contributed by atoms with Gasteiger partial charge in [-0.3, -0.25) is 14.9 Å². The molecule has 1 aromatic carbocycles. The minimum absolute atomic E-state index is 0.0696. The predicted octanol–water partition coefficient (Wildman–Crippen LogP) is 1.94. The van der Waals surface area contributed by atoms with Gasteiger partial charge in [0.25, 0.3) is 5.69 Å². The number of nitro groups is 1. The molecular weight excluding hydrogens is 248 g/mol. The standard InChI is InChI=1S/C10H11ClN2O4/c1-2-17-9(14)4-6-3-7(13(15)16)5-8(12)10(6)11/h3,5H,2,4,12H2,1H3. The fourth-order valence-electron chi connectivity index (χ4n) is 1.29. The molecule has 1 aromatic rings. The number of hydrogen-bond acceptors (Lipinski definition) is 5. The van der Waals surface area contributed by atoms with E-state index >= 15 is 0 Å². The Hall–Kier alpha value is -1.82. The minimum atomic E-state index is -0.596. The van der Waals surface area contributed by atoms with Gasteiger partial charge in [-0.15, -0.1) is 0 Å². The maximum Gasteiger partial charge on any atom is 0.310 e. The highest BCUT2D eigenvalue weighted by Crippen LogP contribution is 2.29. The van der Waals surface area contributed by atoms with Crippen molar-refractivity contribution in [3.8, 4) is 0 Å². The SMILES string of the molecule is CCOC(=O)Cc1cc([N+](=O)[O-])cc(N)c1Cl. The molecule has 0 aromatic heterocycles. The topological polar surface area (TPSA) is 95.5 Å². The summed E-state index contributed by atoms with van der Waals surface area (Å²) in [5.41, 5.74) is 5.68. The minimum Gasteiger partial charge on any atom is -0.466 e. The normalized spacial score (nSPS) is 10.0. The molecule has 0 heterocycles. The lowest BCUT2D eigenvalue weighted by molar-refractivity contribution is -0.384. The van der Waals surface area contributed by atoms with Crippen molar-refractivity contribution < 1.29 is 14.5 Å². The lowest BCUT2D eigenvalue weighted by Gasteiger charge is -2.06. The molecule has 0 unspecified atom stereocenters. The zero-order valence-corrected chi connectivity index (χ0v) is 9.86. The summed E-state index contributed by atoms with van der Waals surface area (Å²) in [6, 6.07) is 2.37. The quantitative estimate of drug-likeness (QED) is 0.385. The van der Waals surface area contributed by atoms with Crippen molar-refractivity contribution in [2.24, 2.45) is 0 Å². The van der Waals surface area contributed by atoms with Crippen LogP contribution >= 0.6 is 11.6 Å². The van der Waals surface area contributed by atoms with E-state index in [4.69, 9.17) is 22.1 Å². The van der Waals surface area contributed by atoms with Crippen molar-refractivity contribution in [1.29, 1.82) is 0 Å². The molecule has 0 saturated carbocycles. The summed E-state index contributed by atoms with van der Waals surface area (Å²) in [7, 11) is 0. The van der Waals surface area contributed by atoms with Gasteiger partial charge in [-0.25, -0.2) is 0 Å². The van der Waals surface area contributed by atoms with Gasteiger partial charge in [-0.2, -0.15) is 0 Å². The zero-order chi connectivity index (χ0) is 13.0. The molecule has 6 nitrogen and oxygen atoms in total. The number of hydrogen-bond donors (Lipinski definition) is 1. The Bertz CT molecular complexity index is 462. The first-order chi connectivity index (χ1) is 7.95. The summed E-state index contributed by atoms with van der Waals surface area (Å²) in [5.74, 6) is -0.505. The number of rotatable bonds is 4. The highest BCUT2D eigenvalue weighted by atomic mass is 35.5. The van der Waals surface area contributed by atoms with Crippen molar-refractivity contribution in [3.63, 3.8) is 0 Å². The number of nitrogens with two attached hydrogens (primary N) is 1. The van der Waals surface area contributed by atoms with Crippen molar-refractivity contribution in [3.05, 3.63) is 32.8 Å². The number of non-ortho nitro benzene ring substituents is 1. The van der Waals surface area contributed by atoms with E-state index in [-0.39, 0.29) is 35.0 Å². The molecule has 0 bridgehead atoms. The fourth-order valence-corrected chi connectivity index (χ4v) is 1.47. The molecule has 0 amide bonds. The fraction of sp³-hybridized carbons (Fsp3) is 0.300. The second kappa shape index (κ2) is 5.49. The van der Waals surface area contributed by atoms with E-state index in [1.807, 2.05) is 0 Å². The highest BCUT2D eigenvalue weighted by molar-refractivity contribution is 6.34. The number of benzene rings is 1. The molecule has 1 rings (SSSR count). The van der Waals surface area contributed by atoms with Gasteiger partial charge >= 0.3 is 5.97 Å². The number of halogens is 1. The summed E-state index contributed by atoms with van der Waals surface area (Å²) in [6.07, 6.45) is -0.140. The molecule has 0 spiro atoms. The van der Waals surface area contributed by atoms with E-state index in [1.165, 1.54) is 6.07 Å². The molecule has 0 aliphatic heterocycles. The van der Waals surface area contributed by atoms with E-state index < -0.39 is 10.9 Å². The Labute approximate surface area is 102 Å². The number of nitrogen functional groups attached to an aromatic ring is 1. The van der Waals surface area contributed by atoms with Crippen molar-refractivity contribution in [2.45, 2.75) is 13.3 Å². The maximum absolute atomic E-state index is 11.3. The Balaban J connectivity index is 3.05. The Kier molecular flexibility index (Phi) is 4.28. The van der Waals surface area contributed by atoms with Gasteiger partial charge < -0.3 is 10.5 Å². The number of carbonyl (C=O) groups excluding carboxylic acids is 1. The molecule has 0 saturated heterocycles. The second-order valence-electron chi connectivity index (χ2n) is 3.25. The van der Waals surface area contributed by atoms with Crippen LogP contribution in [-0.4, -0.2) is 17.5 Å². The second-order valence-corrected chi connectivity index (χ2v) is 3.62. The van der Waals surface area contributed by atoms with Gasteiger partial charge in [0.05, 0.1) is 28.7 Å². The third kappa shape index (κ3) is 3.32. The highest BCUT2D eigenvalue weighted by Gasteiger charge is 2.16. The van der Waals surface area contributed by atoms with E-state index in [0.29, 0.717) is 0 Å². The molecule has 0 aliphatic carbocycles. The summed E-state index contributed by atoms with van der Waals surface area (Å²) < 4.78 is 4.73. The van der Waals surface area contributed by atoms with Crippen LogP contribution in [-0.2, 0) is 16.0 Å². The van der Waals surface area contributed by atoms with Crippen LogP contribution in [0.4, 0.5) is 11.4 Å². The summed E-state index contributed by atoms with van der Waals surface area (Å²) in [6.45, 7) is 1.90. The molecule has 7 heteroatoms. The zero-order valence-electron chi connectivity index (χ0n) is 9.10. The molecule has 2 N–H and O–H groups in total. The number of ether oxygens (including phenoxy) is 1. The summed E-state index contributed by atoms with van der Waals surface area (Å²) >= 11 is 5.86. The summed E-state index contributed by atoms with van der Waals surface area (Å²) in [4.78, 5) is 21.3. The van der Waals surface area contributed by atoms with Gasteiger partial charge in [0.2, 0.25) is 0 Å². The van der Waals surface area contributed by atoms with Crippen LogP contribution < -0.4 is 5.73 Å². The molecule has 17 heavy (non-hydrogen) atoms. The number of nitrogens with zero attached hydrogens (tertiary/aromatic N) is 1. The van der Waals surface area contributed by atoms with Crippen LogP contribution in [0.15, 0.2) is 12.1 Å². The molecule has 0 radical (unpaired) electrons. The van der Waals surface area contributed by atoms with Crippen LogP contribution in [0, 0.1) is 10.1 Å². The monoisotopic (exact) mass is 258 g/mol.